The van der Waals surface area contributed by atoms with Crippen LogP contribution in [0.4, 0.5) is 10.1 Å². The van der Waals surface area contributed by atoms with Gasteiger partial charge in [-0.2, -0.15) is 0 Å². The van der Waals surface area contributed by atoms with Gasteiger partial charge in [-0.15, -0.1) is 0 Å². The van der Waals surface area contributed by atoms with Crippen LogP contribution in [0.5, 0.6) is 0 Å². The topological polar surface area (TPSA) is 35.5 Å². The van der Waals surface area contributed by atoms with E-state index in [9.17, 15) is 9.50 Å². The van der Waals surface area contributed by atoms with Gasteiger partial charge in [0.2, 0.25) is 0 Å². The van der Waals surface area contributed by atoms with Crippen molar-refractivity contribution < 1.29 is 9.50 Å². The van der Waals surface area contributed by atoms with Crippen LogP contribution in [0.2, 0.25) is 0 Å². The fraction of sp³-hybridized carbons (Fsp3) is 0.368. The lowest BCUT2D eigenvalue weighted by atomic mass is 10.0. The van der Waals surface area contributed by atoms with Crippen LogP contribution in [0.25, 0.3) is 0 Å². The summed E-state index contributed by atoms with van der Waals surface area (Å²) < 4.78 is 13.2. The van der Waals surface area contributed by atoms with Crippen LogP contribution in [-0.2, 0) is 13.2 Å². The van der Waals surface area contributed by atoms with Crippen molar-refractivity contribution in [2.24, 2.45) is 0 Å². The van der Waals surface area contributed by atoms with Gasteiger partial charge in [-0.3, -0.25) is 4.90 Å². The van der Waals surface area contributed by atoms with Gasteiger partial charge < -0.3 is 10.4 Å². The normalized spacial score (nSPS) is 16.4. The monoisotopic (exact) mass is 314 g/mol. The largest absolute Gasteiger partial charge is 0.392 e. The second kappa shape index (κ2) is 7.57. The zero-order valence-electron chi connectivity index (χ0n) is 13.2. The van der Waals surface area contributed by atoms with Crippen LogP contribution in [0.3, 0.4) is 0 Å². The van der Waals surface area contributed by atoms with E-state index in [4.69, 9.17) is 0 Å². The van der Waals surface area contributed by atoms with Crippen molar-refractivity contribution in [2.75, 3.05) is 18.4 Å². The number of benzene rings is 2. The molecule has 122 valence electrons. The van der Waals surface area contributed by atoms with E-state index in [2.05, 4.69) is 10.2 Å². The van der Waals surface area contributed by atoms with Crippen LogP contribution in [0.1, 0.15) is 24.0 Å². The van der Waals surface area contributed by atoms with Gasteiger partial charge in [-0.1, -0.05) is 30.3 Å². The Kier molecular flexibility index (Phi) is 5.26. The molecule has 1 aliphatic heterocycles. The first-order chi connectivity index (χ1) is 11.2. The molecule has 0 spiro atoms. The average molecular weight is 314 g/mol. The SMILES string of the molecule is OCc1ccccc1NC1CCN(Cc2cccc(F)c2)CC1. The van der Waals surface area contributed by atoms with Gasteiger partial charge in [0.1, 0.15) is 5.82 Å². The molecule has 2 aromatic carbocycles. The van der Waals surface area contributed by atoms with Gasteiger partial charge in [-0.05, 0) is 36.6 Å². The van der Waals surface area contributed by atoms with Crippen molar-refractivity contribution >= 4 is 5.69 Å². The van der Waals surface area contributed by atoms with E-state index >= 15 is 0 Å². The Morgan fingerprint density at radius 3 is 2.61 bits per heavy atom. The number of aliphatic hydroxyl groups excluding tert-OH is 1. The van der Waals surface area contributed by atoms with Crippen molar-refractivity contribution in [3.63, 3.8) is 0 Å². The molecule has 0 unspecified atom stereocenters. The van der Waals surface area contributed by atoms with Crippen LogP contribution in [0, 0.1) is 5.82 Å². The number of nitrogens with one attached hydrogen (secondary N) is 1. The Morgan fingerprint density at radius 1 is 1.09 bits per heavy atom. The lowest BCUT2D eigenvalue weighted by Crippen LogP contribution is -2.38. The van der Waals surface area contributed by atoms with E-state index in [1.165, 1.54) is 6.07 Å². The van der Waals surface area contributed by atoms with E-state index < -0.39 is 0 Å². The number of rotatable bonds is 5. The van der Waals surface area contributed by atoms with Crippen LogP contribution in [0.15, 0.2) is 48.5 Å². The highest BCUT2D eigenvalue weighted by Crippen LogP contribution is 2.21. The molecule has 3 rings (SSSR count). The third-order valence-electron chi connectivity index (χ3n) is 4.43. The molecule has 1 aliphatic rings. The maximum atomic E-state index is 13.2. The summed E-state index contributed by atoms with van der Waals surface area (Å²) in [6.07, 6.45) is 2.10. The summed E-state index contributed by atoms with van der Waals surface area (Å²) in [5, 5.41) is 12.9. The van der Waals surface area contributed by atoms with Crippen LogP contribution < -0.4 is 5.32 Å². The number of nitrogens with zero attached hydrogens (tertiary/aromatic N) is 1. The third kappa shape index (κ3) is 4.30. The molecule has 0 aromatic heterocycles. The first-order valence-electron chi connectivity index (χ1n) is 8.16. The van der Waals surface area contributed by atoms with Gasteiger partial charge in [0.25, 0.3) is 0 Å². The Balaban J connectivity index is 1.52. The first kappa shape index (κ1) is 16.0. The minimum absolute atomic E-state index is 0.0571. The van der Waals surface area contributed by atoms with Gasteiger partial charge in [-0.25, -0.2) is 4.39 Å². The van der Waals surface area contributed by atoms with E-state index in [1.54, 1.807) is 12.1 Å². The zero-order valence-corrected chi connectivity index (χ0v) is 13.2. The molecule has 0 saturated carbocycles. The van der Waals surface area contributed by atoms with Crippen molar-refractivity contribution in [2.45, 2.75) is 32.0 Å². The number of hydrogen-bond donors (Lipinski definition) is 2. The zero-order chi connectivity index (χ0) is 16.1. The second-order valence-electron chi connectivity index (χ2n) is 6.14. The summed E-state index contributed by atoms with van der Waals surface area (Å²) in [6.45, 7) is 2.85. The van der Waals surface area contributed by atoms with Crippen molar-refractivity contribution in [3.05, 3.63) is 65.5 Å². The molecule has 23 heavy (non-hydrogen) atoms. The van der Waals surface area contributed by atoms with Gasteiger partial charge >= 0.3 is 0 Å². The lowest BCUT2D eigenvalue weighted by molar-refractivity contribution is 0.211. The molecule has 2 N–H and O–H groups in total. The number of hydrogen-bond acceptors (Lipinski definition) is 3. The maximum Gasteiger partial charge on any atom is 0.123 e. The highest BCUT2D eigenvalue weighted by molar-refractivity contribution is 5.51. The number of aliphatic hydroxyl groups is 1. The highest BCUT2D eigenvalue weighted by Gasteiger charge is 2.19. The molecule has 1 fully saturated rings. The molecule has 0 aliphatic carbocycles. The van der Waals surface area contributed by atoms with E-state index in [0.29, 0.717) is 6.04 Å². The fourth-order valence-corrected chi connectivity index (χ4v) is 3.15. The predicted molar refractivity (Wildman–Crippen MR) is 90.7 cm³/mol. The quantitative estimate of drug-likeness (QED) is 0.888. The van der Waals surface area contributed by atoms with Gasteiger partial charge in [0, 0.05) is 36.9 Å². The smallest absolute Gasteiger partial charge is 0.123 e. The van der Waals surface area contributed by atoms with Gasteiger partial charge in [0.15, 0.2) is 0 Å². The number of anilines is 1. The maximum absolute atomic E-state index is 13.2. The Morgan fingerprint density at radius 2 is 1.87 bits per heavy atom. The van der Waals surface area contributed by atoms with E-state index in [1.807, 2.05) is 30.3 Å². The number of piperidine rings is 1. The molecule has 0 amide bonds. The molecule has 0 bridgehead atoms. The third-order valence-corrected chi connectivity index (χ3v) is 4.43. The summed E-state index contributed by atoms with van der Waals surface area (Å²) in [5.74, 6) is -0.167. The highest BCUT2D eigenvalue weighted by atomic mass is 19.1. The molecule has 4 heteroatoms. The minimum atomic E-state index is -0.167. The Bertz CT molecular complexity index is 639. The predicted octanol–water partition coefficient (Wildman–Crippen LogP) is 3.39. The number of likely N-dealkylation sites (tertiary alicyclic amines) is 1. The standard InChI is InChI=1S/C19H23FN2O/c20-17-6-3-4-15(12-17)13-22-10-8-18(9-11-22)21-19-7-2-1-5-16(19)14-23/h1-7,12,18,21,23H,8-11,13-14H2. The summed E-state index contributed by atoms with van der Waals surface area (Å²) in [5.41, 5.74) is 3.00. The molecule has 3 nitrogen and oxygen atoms in total. The molecular weight excluding hydrogens is 291 g/mol. The van der Waals surface area contributed by atoms with E-state index in [-0.39, 0.29) is 12.4 Å². The minimum Gasteiger partial charge on any atom is -0.392 e. The number of halogens is 1. The molecule has 1 saturated heterocycles. The van der Waals surface area contributed by atoms with Crippen LogP contribution in [-0.4, -0.2) is 29.1 Å². The second-order valence-corrected chi connectivity index (χ2v) is 6.14. The molecule has 0 atom stereocenters. The summed E-state index contributed by atoms with van der Waals surface area (Å²) in [7, 11) is 0. The molecule has 2 aromatic rings. The summed E-state index contributed by atoms with van der Waals surface area (Å²) in [4.78, 5) is 2.37. The fourth-order valence-electron chi connectivity index (χ4n) is 3.15. The van der Waals surface area contributed by atoms with Crippen molar-refractivity contribution in [1.82, 2.24) is 4.90 Å². The van der Waals surface area contributed by atoms with Crippen molar-refractivity contribution in [1.29, 1.82) is 0 Å². The average Bonchev–Trinajstić information content (AvgIpc) is 2.57. The Hall–Kier alpha value is -1.91. The molecule has 1 heterocycles. The summed E-state index contributed by atoms with van der Waals surface area (Å²) >= 11 is 0. The lowest BCUT2D eigenvalue weighted by Gasteiger charge is -2.33. The number of para-hydroxylation sites is 1. The van der Waals surface area contributed by atoms with Crippen molar-refractivity contribution in [3.8, 4) is 0 Å². The summed E-state index contributed by atoms with van der Waals surface area (Å²) in [6, 6.07) is 15.2. The first-order valence-corrected chi connectivity index (χ1v) is 8.16. The van der Waals surface area contributed by atoms with Crippen LogP contribution >= 0.6 is 0 Å². The molecule has 0 radical (unpaired) electrons. The van der Waals surface area contributed by atoms with Gasteiger partial charge in [0.05, 0.1) is 6.61 Å². The molecular formula is C19H23FN2O. The Labute approximate surface area is 136 Å². The van der Waals surface area contributed by atoms with E-state index in [0.717, 1.165) is 49.3 Å².